The SMILES string of the molecule is O=C(CSc1nc2sc3c(c2c(=O)n1-c1ccc(Br)cc1)CCCC3)NN=Cc1ccc(O)cc1. The third-order valence-electron chi connectivity index (χ3n) is 5.67. The summed E-state index contributed by atoms with van der Waals surface area (Å²) in [6.45, 7) is 0. The molecule has 0 unspecified atom stereocenters. The van der Waals surface area contributed by atoms with E-state index in [1.807, 2.05) is 24.3 Å². The Kier molecular flexibility index (Phi) is 7.03. The number of phenols is 1. The Balaban J connectivity index is 1.42. The van der Waals surface area contributed by atoms with Gasteiger partial charge in [0.15, 0.2) is 5.16 Å². The van der Waals surface area contributed by atoms with Crippen molar-refractivity contribution in [2.24, 2.45) is 5.10 Å². The fourth-order valence-corrected chi connectivity index (χ4v) is 6.37. The quantitative estimate of drug-likeness (QED) is 0.147. The molecular weight excluding hydrogens is 548 g/mol. The number of aromatic hydroxyl groups is 1. The van der Waals surface area contributed by atoms with E-state index in [1.165, 1.54) is 22.9 Å². The van der Waals surface area contributed by atoms with Gasteiger partial charge in [-0.15, -0.1) is 11.3 Å². The van der Waals surface area contributed by atoms with Gasteiger partial charge < -0.3 is 5.11 Å². The van der Waals surface area contributed by atoms with Gasteiger partial charge in [-0.05, 0) is 85.3 Å². The van der Waals surface area contributed by atoms with E-state index in [0.29, 0.717) is 16.2 Å². The maximum absolute atomic E-state index is 13.7. The summed E-state index contributed by atoms with van der Waals surface area (Å²) >= 11 is 6.25. The summed E-state index contributed by atoms with van der Waals surface area (Å²) < 4.78 is 2.52. The average molecular weight is 570 g/mol. The molecule has 5 rings (SSSR count). The Bertz CT molecular complexity index is 1480. The monoisotopic (exact) mass is 568 g/mol. The molecule has 1 aliphatic rings. The zero-order chi connectivity index (χ0) is 24.4. The molecule has 0 atom stereocenters. The number of halogens is 1. The van der Waals surface area contributed by atoms with Crippen LogP contribution in [0.25, 0.3) is 15.9 Å². The number of hydrazone groups is 1. The van der Waals surface area contributed by atoms with Crippen molar-refractivity contribution in [2.75, 3.05) is 5.75 Å². The van der Waals surface area contributed by atoms with Crippen LogP contribution in [0.2, 0.25) is 0 Å². The third kappa shape index (κ3) is 5.19. The fourth-order valence-electron chi connectivity index (χ4n) is 4.00. The number of benzene rings is 2. The molecule has 2 aromatic carbocycles. The molecule has 0 radical (unpaired) electrons. The molecule has 0 saturated heterocycles. The van der Waals surface area contributed by atoms with Crippen LogP contribution in [0, 0.1) is 0 Å². The highest BCUT2D eigenvalue weighted by molar-refractivity contribution is 9.10. The van der Waals surface area contributed by atoms with Gasteiger partial charge in [0.05, 0.1) is 23.0 Å². The summed E-state index contributed by atoms with van der Waals surface area (Å²) in [5.74, 6) is -0.102. The van der Waals surface area contributed by atoms with E-state index in [2.05, 4.69) is 26.5 Å². The molecule has 35 heavy (non-hydrogen) atoms. The van der Waals surface area contributed by atoms with Crippen molar-refractivity contribution in [1.29, 1.82) is 0 Å². The van der Waals surface area contributed by atoms with Crippen LogP contribution in [0.3, 0.4) is 0 Å². The van der Waals surface area contributed by atoms with E-state index >= 15 is 0 Å². The zero-order valence-corrected chi connectivity index (χ0v) is 21.8. The number of hydrogen-bond donors (Lipinski definition) is 2. The molecule has 4 aromatic rings. The third-order valence-corrected chi connectivity index (χ3v) is 8.32. The van der Waals surface area contributed by atoms with E-state index < -0.39 is 0 Å². The van der Waals surface area contributed by atoms with Gasteiger partial charge in [-0.1, -0.05) is 27.7 Å². The summed E-state index contributed by atoms with van der Waals surface area (Å²) in [6.07, 6.45) is 5.60. The number of aryl methyl sites for hydroxylation is 2. The average Bonchev–Trinajstić information content (AvgIpc) is 3.23. The number of aromatic nitrogens is 2. The van der Waals surface area contributed by atoms with E-state index in [4.69, 9.17) is 4.98 Å². The normalized spacial score (nSPS) is 13.3. The van der Waals surface area contributed by atoms with Crippen molar-refractivity contribution >= 4 is 61.4 Å². The van der Waals surface area contributed by atoms with Gasteiger partial charge in [0, 0.05) is 9.35 Å². The molecule has 7 nitrogen and oxygen atoms in total. The predicted molar refractivity (Wildman–Crippen MR) is 144 cm³/mol. The lowest BCUT2D eigenvalue weighted by molar-refractivity contribution is -0.118. The maximum Gasteiger partial charge on any atom is 0.267 e. The Labute approximate surface area is 218 Å². The van der Waals surface area contributed by atoms with Crippen molar-refractivity contribution in [3.63, 3.8) is 0 Å². The Morgan fingerprint density at radius 2 is 1.91 bits per heavy atom. The van der Waals surface area contributed by atoms with Gasteiger partial charge >= 0.3 is 0 Å². The Hall–Kier alpha value is -2.95. The molecule has 0 spiro atoms. The largest absolute Gasteiger partial charge is 0.508 e. The van der Waals surface area contributed by atoms with Crippen LogP contribution in [0.1, 0.15) is 28.8 Å². The number of phenolic OH excluding ortho intramolecular Hbond substituents is 1. The molecule has 0 saturated carbocycles. The number of nitrogens with zero attached hydrogens (tertiary/aromatic N) is 3. The number of carbonyl (C=O) groups excluding carboxylic acids is 1. The number of rotatable bonds is 6. The first-order valence-corrected chi connectivity index (χ1v) is 13.7. The van der Waals surface area contributed by atoms with E-state index in [9.17, 15) is 14.7 Å². The molecule has 10 heteroatoms. The van der Waals surface area contributed by atoms with Crippen molar-refractivity contribution in [3.05, 3.63) is 79.4 Å². The molecule has 2 N–H and O–H groups in total. The highest BCUT2D eigenvalue weighted by Gasteiger charge is 2.23. The molecule has 1 aliphatic carbocycles. The molecule has 0 bridgehead atoms. The van der Waals surface area contributed by atoms with Gasteiger partial charge in [-0.3, -0.25) is 14.2 Å². The summed E-state index contributed by atoms with van der Waals surface area (Å²) in [6, 6.07) is 14.0. The molecule has 1 amide bonds. The van der Waals surface area contributed by atoms with Gasteiger partial charge in [-0.2, -0.15) is 5.10 Å². The van der Waals surface area contributed by atoms with Crippen LogP contribution in [0.5, 0.6) is 5.75 Å². The van der Waals surface area contributed by atoms with Crippen molar-refractivity contribution in [3.8, 4) is 11.4 Å². The van der Waals surface area contributed by atoms with Crippen molar-refractivity contribution in [1.82, 2.24) is 15.0 Å². The second-order valence-corrected chi connectivity index (χ2v) is 11.0. The highest BCUT2D eigenvalue weighted by atomic mass is 79.9. The minimum Gasteiger partial charge on any atom is -0.508 e. The first kappa shape index (κ1) is 23.8. The van der Waals surface area contributed by atoms with Gasteiger partial charge in [-0.25, -0.2) is 10.4 Å². The molecule has 0 fully saturated rings. The van der Waals surface area contributed by atoms with Gasteiger partial charge in [0.2, 0.25) is 0 Å². The zero-order valence-electron chi connectivity index (χ0n) is 18.5. The van der Waals surface area contributed by atoms with Crippen LogP contribution < -0.4 is 11.0 Å². The number of fused-ring (bicyclic) bond motifs is 3. The number of hydrogen-bond acceptors (Lipinski definition) is 7. The first-order chi connectivity index (χ1) is 17.0. The number of amides is 1. The van der Waals surface area contributed by atoms with E-state index in [1.54, 1.807) is 40.2 Å². The Morgan fingerprint density at radius 1 is 1.17 bits per heavy atom. The minimum absolute atomic E-state index is 0.0481. The lowest BCUT2D eigenvalue weighted by atomic mass is 9.97. The lowest BCUT2D eigenvalue weighted by Crippen LogP contribution is -2.24. The second-order valence-electron chi connectivity index (χ2n) is 8.08. The summed E-state index contributed by atoms with van der Waals surface area (Å²) in [5.41, 5.74) is 5.00. The lowest BCUT2D eigenvalue weighted by Gasteiger charge is -2.13. The van der Waals surface area contributed by atoms with Crippen LogP contribution in [0.4, 0.5) is 0 Å². The number of nitrogens with one attached hydrogen (secondary N) is 1. The van der Waals surface area contributed by atoms with E-state index in [0.717, 1.165) is 46.1 Å². The molecule has 2 aromatic heterocycles. The first-order valence-electron chi connectivity index (χ1n) is 11.1. The van der Waals surface area contributed by atoms with Crippen LogP contribution >= 0.6 is 39.0 Å². The topological polar surface area (TPSA) is 96.6 Å². The smallest absolute Gasteiger partial charge is 0.267 e. The molecule has 0 aliphatic heterocycles. The summed E-state index contributed by atoms with van der Waals surface area (Å²) in [5, 5.41) is 14.5. The van der Waals surface area contributed by atoms with Crippen LogP contribution in [0.15, 0.2) is 68.1 Å². The highest BCUT2D eigenvalue weighted by Crippen LogP contribution is 2.35. The minimum atomic E-state index is -0.313. The molecule has 178 valence electrons. The molecule has 2 heterocycles. The van der Waals surface area contributed by atoms with Crippen molar-refractivity contribution < 1.29 is 9.90 Å². The fraction of sp³-hybridized carbons (Fsp3) is 0.200. The summed E-state index contributed by atoms with van der Waals surface area (Å²) in [7, 11) is 0. The predicted octanol–water partition coefficient (Wildman–Crippen LogP) is 5.04. The van der Waals surface area contributed by atoms with E-state index in [-0.39, 0.29) is 23.0 Å². The van der Waals surface area contributed by atoms with Gasteiger partial charge in [0.1, 0.15) is 10.6 Å². The number of carbonyl (C=O) groups is 1. The van der Waals surface area contributed by atoms with Crippen molar-refractivity contribution in [2.45, 2.75) is 30.8 Å². The molecular formula is C25H21BrN4O3S2. The second kappa shape index (κ2) is 10.3. The maximum atomic E-state index is 13.7. The standard InChI is InChI=1S/C25H21BrN4O3S2/c26-16-7-9-17(10-8-16)30-24(33)22-19-3-1-2-4-20(19)35-23(22)28-25(30)34-14-21(32)29-27-13-15-5-11-18(31)12-6-15/h5-13,31H,1-4,14H2,(H,29,32). The number of thioether (sulfide) groups is 1. The Morgan fingerprint density at radius 3 is 2.69 bits per heavy atom. The van der Waals surface area contributed by atoms with Crippen LogP contribution in [-0.4, -0.2) is 32.5 Å². The number of thiophene rings is 1. The van der Waals surface area contributed by atoms with Gasteiger partial charge in [0.25, 0.3) is 11.5 Å². The van der Waals surface area contributed by atoms with Crippen LogP contribution in [-0.2, 0) is 17.6 Å². The summed E-state index contributed by atoms with van der Waals surface area (Å²) in [4.78, 5) is 33.0.